The molecule has 0 aliphatic carbocycles. The largest absolute Gasteiger partial charge is 0.366 e. The number of thiophene rings is 1. The number of nitrogen functional groups attached to an aromatic ring is 1. The van der Waals surface area contributed by atoms with Crippen LogP contribution in [0.3, 0.4) is 0 Å². The lowest BCUT2D eigenvalue weighted by atomic mass is 10.4. The monoisotopic (exact) mass is 296 g/mol. The molecule has 0 spiro atoms. The van der Waals surface area contributed by atoms with Crippen molar-refractivity contribution < 1.29 is 0 Å². The Morgan fingerprint density at radius 3 is 3.00 bits per heavy atom. The minimum atomic E-state index is 0.203. The van der Waals surface area contributed by atoms with Crippen molar-refractivity contribution in [1.82, 2.24) is 24.7 Å². The van der Waals surface area contributed by atoms with Crippen molar-refractivity contribution in [3.63, 3.8) is 0 Å². The van der Waals surface area contributed by atoms with E-state index < -0.39 is 0 Å². The lowest BCUT2D eigenvalue weighted by molar-refractivity contribution is 0.833. The number of nitrogens with two attached hydrogens (primary N) is 1. The van der Waals surface area contributed by atoms with Gasteiger partial charge in [0.25, 0.3) is 0 Å². The van der Waals surface area contributed by atoms with Crippen LogP contribution in [-0.4, -0.2) is 24.7 Å². The molecule has 0 bridgehead atoms. The summed E-state index contributed by atoms with van der Waals surface area (Å²) in [7, 11) is 0. The molecule has 6 nitrogen and oxygen atoms in total. The van der Waals surface area contributed by atoms with Crippen molar-refractivity contribution in [3.05, 3.63) is 22.5 Å². The molecular weight excluding hydrogens is 292 g/mol. The van der Waals surface area contributed by atoms with Crippen molar-refractivity contribution in [2.45, 2.75) is 0 Å². The molecule has 0 amide bonds. The highest BCUT2D eigenvalue weighted by Crippen LogP contribution is 2.24. The van der Waals surface area contributed by atoms with Crippen molar-refractivity contribution >= 4 is 43.4 Å². The second-order valence-electron chi connectivity index (χ2n) is 2.99. The van der Waals surface area contributed by atoms with Crippen LogP contribution in [0.2, 0.25) is 0 Å². The first-order chi connectivity index (χ1) is 7.75. The first kappa shape index (κ1) is 9.67. The molecule has 2 N–H and O–H groups in total. The Bertz CT molecular complexity index is 659. The van der Waals surface area contributed by atoms with Gasteiger partial charge in [-0.05, 0) is 27.4 Å². The van der Waals surface area contributed by atoms with E-state index in [9.17, 15) is 0 Å². The summed E-state index contributed by atoms with van der Waals surface area (Å²) < 4.78 is 2.07. The van der Waals surface area contributed by atoms with E-state index in [1.807, 2.05) is 11.4 Å². The second-order valence-corrected chi connectivity index (χ2v) is 4.59. The zero-order valence-corrected chi connectivity index (χ0v) is 10.2. The van der Waals surface area contributed by atoms with Crippen LogP contribution in [0.25, 0.3) is 16.0 Å². The van der Waals surface area contributed by atoms with Gasteiger partial charge in [-0.15, -0.1) is 16.4 Å². The molecule has 0 saturated carbocycles. The predicted octanol–water partition coefficient (Wildman–Crippen LogP) is 1.62. The first-order valence-corrected chi connectivity index (χ1v) is 5.99. The molecule has 3 aromatic rings. The Morgan fingerprint density at radius 1 is 1.38 bits per heavy atom. The maximum atomic E-state index is 5.52. The Morgan fingerprint density at radius 2 is 2.25 bits per heavy atom. The van der Waals surface area contributed by atoms with Crippen LogP contribution in [0.15, 0.2) is 22.5 Å². The number of fused-ring (bicyclic) bond motifs is 1. The summed E-state index contributed by atoms with van der Waals surface area (Å²) in [6.07, 6.45) is 1.50. The summed E-state index contributed by atoms with van der Waals surface area (Å²) in [5.41, 5.74) is 5.52. The van der Waals surface area contributed by atoms with Crippen LogP contribution >= 0.6 is 27.3 Å². The molecule has 3 aromatic heterocycles. The molecule has 8 heteroatoms. The maximum absolute atomic E-state index is 5.52. The van der Waals surface area contributed by atoms with Crippen LogP contribution in [0, 0.1) is 0 Å². The fourth-order valence-corrected chi connectivity index (χ4v) is 2.54. The van der Waals surface area contributed by atoms with Gasteiger partial charge in [0.05, 0.1) is 5.39 Å². The lowest BCUT2D eigenvalue weighted by Gasteiger charge is -2.01. The normalized spacial score (nSPS) is 11.1. The molecule has 0 aliphatic rings. The van der Waals surface area contributed by atoms with Gasteiger partial charge in [-0.1, -0.05) is 0 Å². The van der Waals surface area contributed by atoms with E-state index in [0.717, 1.165) is 10.2 Å². The Labute approximate surface area is 102 Å². The number of nitrogens with zero attached hydrogens (tertiary/aromatic N) is 5. The summed E-state index contributed by atoms with van der Waals surface area (Å²) in [5.74, 6) is 0.871. The summed E-state index contributed by atoms with van der Waals surface area (Å²) >= 11 is 4.83. The van der Waals surface area contributed by atoms with Crippen LogP contribution in [0.5, 0.6) is 0 Å². The molecular formula is C8H5BrN6S. The smallest absolute Gasteiger partial charge is 0.240 e. The van der Waals surface area contributed by atoms with Crippen molar-refractivity contribution in [2.75, 3.05) is 5.73 Å². The maximum Gasteiger partial charge on any atom is 0.240 e. The van der Waals surface area contributed by atoms with Gasteiger partial charge in [-0.25, -0.2) is 9.97 Å². The van der Waals surface area contributed by atoms with Gasteiger partial charge in [-0.3, -0.25) is 0 Å². The van der Waals surface area contributed by atoms with Crippen LogP contribution in [0.4, 0.5) is 5.95 Å². The zero-order valence-electron chi connectivity index (χ0n) is 7.83. The van der Waals surface area contributed by atoms with E-state index in [1.54, 1.807) is 16.0 Å². The van der Waals surface area contributed by atoms with E-state index in [4.69, 9.17) is 5.73 Å². The van der Waals surface area contributed by atoms with E-state index in [0.29, 0.717) is 10.6 Å². The van der Waals surface area contributed by atoms with E-state index in [-0.39, 0.29) is 5.95 Å². The molecule has 16 heavy (non-hydrogen) atoms. The molecule has 0 aromatic carbocycles. The van der Waals surface area contributed by atoms with Gasteiger partial charge in [0.2, 0.25) is 10.7 Å². The molecule has 3 rings (SSSR count). The highest BCUT2D eigenvalue weighted by atomic mass is 79.9. The third kappa shape index (κ3) is 1.38. The molecule has 3 heterocycles. The zero-order chi connectivity index (χ0) is 11.1. The van der Waals surface area contributed by atoms with Gasteiger partial charge >= 0.3 is 0 Å². The van der Waals surface area contributed by atoms with Crippen LogP contribution in [-0.2, 0) is 0 Å². The van der Waals surface area contributed by atoms with E-state index in [1.165, 1.54) is 6.33 Å². The Balaban J connectivity index is 2.33. The summed E-state index contributed by atoms with van der Waals surface area (Å²) in [6, 6.07) is 1.94. The number of hydrogen-bond acceptors (Lipinski definition) is 6. The van der Waals surface area contributed by atoms with Crippen molar-refractivity contribution in [1.29, 1.82) is 0 Å². The average molecular weight is 297 g/mol. The Kier molecular flexibility index (Phi) is 2.11. The molecule has 0 unspecified atom stereocenters. The molecule has 0 aliphatic heterocycles. The fourth-order valence-electron chi connectivity index (χ4n) is 1.39. The van der Waals surface area contributed by atoms with Gasteiger partial charge in [0.15, 0.2) is 5.82 Å². The van der Waals surface area contributed by atoms with Crippen molar-refractivity contribution in [3.8, 4) is 5.82 Å². The fraction of sp³-hybridized carbons (Fsp3) is 0. The minimum Gasteiger partial charge on any atom is -0.366 e. The molecule has 0 radical (unpaired) electrons. The topological polar surface area (TPSA) is 82.5 Å². The van der Waals surface area contributed by atoms with Gasteiger partial charge in [-0.2, -0.15) is 9.67 Å². The van der Waals surface area contributed by atoms with Gasteiger partial charge in [0, 0.05) is 0 Å². The predicted molar refractivity (Wildman–Crippen MR) is 64.4 cm³/mol. The molecule has 0 saturated heterocycles. The summed E-state index contributed by atoms with van der Waals surface area (Å²) in [4.78, 5) is 13.2. The molecule has 0 fully saturated rings. The number of halogens is 1. The third-order valence-electron chi connectivity index (χ3n) is 2.03. The van der Waals surface area contributed by atoms with Crippen LogP contribution < -0.4 is 5.73 Å². The summed E-state index contributed by atoms with van der Waals surface area (Å²) in [5, 5.41) is 6.95. The van der Waals surface area contributed by atoms with Crippen molar-refractivity contribution in [2.24, 2.45) is 0 Å². The molecule has 0 atom stereocenters. The standard InChI is InChI=1S/C8H5BrN6S/c9-7-13-8(10)14-15(7)5-4-1-2-16-6(4)12-3-11-5/h1-3H,(H2,10,14). The highest BCUT2D eigenvalue weighted by molar-refractivity contribution is 9.10. The average Bonchev–Trinajstić information content (AvgIpc) is 2.84. The van der Waals surface area contributed by atoms with E-state index >= 15 is 0 Å². The van der Waals surface area contributed by atoms with E-state index in [2.05, 4.69) is 36.0 Å². The first-order valence-electron chi connectivity index (χ1n) is 4.32. The van der Waals surface area contributed by atoms with Crippen LogP contribution in [0.1, 0.15) is 0 Å². The number of hydrogen-bond donors (Lipinski definition) is 1. The minimum absolute atomic E-state index is 0.203. The third-order valence-corrected chi connectivity index (χ3v) is 3.36. The summed E-state index contributed by atoms with van der Waals surface area (Å²) in [6.45, 7) is 0. The number of aromatic nitrogens is 5. The second kappa shape index (κ2) is 3.49. The SMILES string of the molecule is Nc1nc(Br)n(-c2ncnc3sccc23)n1. The van der Waals surface area contributed by atoms with Gasteiger partial charge in [0.1, 0.15) is 11.2 Å². The quantitative estimate of drug-likeness (QED) is 0.738. The number of rotatable bonds is 1. The van der Waals surface area contributed by atoms with Gasteiger partial charge < -0.3 is 5.73 Å². The number of anilines is 1. The molecule has 80 valence electrons. The Hall–Kier alpha value is -1.54. The lowest BCUT2D eigenvalue weighted by Crippen LogP contribution is -2.01. The highest BCUT2D eigenvalue weighted by Gasteiger charge is 2.12.